The highest BCUT2D eigenvalue weighted by Crippen LogP contribution is 2.28. The summed E-state index contributed by atoms with van der Waals surface area (Å²) in [6.45, 7) is 5.49. The van der Waals surface area contributed by atoms with Crippen molar-refractivity contribution in [2.75, 3.05) is 28.2 Å². The summed E-state index contributed by atoms with van der Waals surface area (Å²) < 4.78 is 0. The summed E-state index contributed by atoms with van der Waals surface area (Å²) in [5.74, 6) is 0.324. The monoisotopic (exact) mass is 353 g/mol. The second-order valence-corrected chi connectivity index (χ2v) is 7.19. The van der Waals surface area contributed by atoms with Crippen LogP contribution >= 0.6 is 0 Å². The van der Waals surface area contributed by atoms with Gasteiger partial charge in [-0.15, -0.1) is 0 Å². The lowest BCUT2D eigenvalue weighted by Gasteiger charge is -2.31. The number of aromatic hydroxyl groups is 1. The Labute approximate surface area is 152 Å². The number of phenolic OH excluding ortho intramolecular Hbond substituents is 1. The molecule has 0 heterocycles. The summed E-state index contributed by atoms with van der Waals surface area (Å²) >= 11 is 0. The van der Waals surface area contributed by atoms with Gasteiger partial charge in [-0.3, -0.25) is 0 Å². The van der Waals surface area contributed by atoms with E-state index in [4.69, 9.17) is 0 Å². The van der Waals surface area contributed by atoms with E-state index in [0.29, 0.717) is 38.2 Å². The van der Waals surface area contributed by atoms with E-state index in [9.17, 15) is 15.3 Å². The molecule has 0 saturated heterocycles. The molecule has 2 atom stereocenters. The van der Waals surface area contributed by atoms with Gasteiger partial charge in [0.25, 0.3) is 0 Å². The summed E-state index contributed by atoms with van der Waals surface area (Å²) in [6, 6.07) is 3.93. The normalized spacial score (nSPS) is 14.5. The number of nitrogens with zero attached hydrogens (tertiary/aromatic N) is 3. The minimum atomic E-state index is -0.696. The van der Waals surface area contributed by atoms with Crippen molar-refractivity contribution in [3.63, 3.8) is 0 Å². The molecule has 1 aromatic carbocycles. The van der Waals surface area contributed by atoms with Gasteiger partial charge in [-0.05, 0) is 58.7 Å². The lowest BCUT2D eigenvalue weighted by atomic mass is 10.0. The second kappa shape index (κ2) is 10.1. The zero-order chi connectivity index (χ0) is 19.1. The summed E-state index contributed by atoms with van der Waals surface area (Å²) in [5.41, 5.74) is 2.69. The predicted molar refractivity (Wildman–Crippen MR) is 101 cm³/mol. The molecule has 0 aromatic heterocycles. The van der Waals surface area contributed by atoms with Gasteiger partial charge in [0, 0.05) is 30.8 Å². The van der Waals surface area contributed by atoms with Crippen LogP contribution in [0.3, 0.4) is 0 Å². The molecular weight excluding hydrogens is 318 g/mol. The Balaban J connectivity index is 3.22. The van der Waals surface area contributed by atoms with E-state index in [-0.39, 0.29) is 0 Å². The van der Waals surface area contributed by atoms with Crippen LogP contribution in [0.25, 0.3) is 0 Å². The Morgan fingerprint density at radius 3 is 1.52 bits per heavy atom. The largest absolute Gasteiger partial charge is 0.507 e. The Hall–Kier alpha value is -1.18. The smallest absolute Gasteiger partial charge is 0.124 e. The van der Waals surface area contributed by atoms with E-state index >= 15 is 0 Å². The van der Waals surface area contributed by atoms with Crippen LogP contribution < -0.4 is 0 Å². The van der Waals surface area contributed by atoms with E-state index in [0.717, 1.165) is 16.7 Å². The molecule has 0 amide bonds. The Morgan fingerprint density at radius 2 is 1.20 bits per heavy atom. The number of phenols is 1. The fraction of sp³-hybridized carbons (Fsp3) is 0.684. The maximum absolute atomic E-state index is 10.6. The van der Waals surface area contributed by atoms with Crippen molar-refractivity contribution in [2.24, 2.45) is 0 Å². The zero-order valence-electron chi connectivity index (χ0n) is 16.5. The molecule has 0 spiro atoms. The third-order valence-corrected chi connectivity index (χ3v) is 4.16. The van der Waals surface area contributed by atoms with Crippen molar-refractivity contribution < 1.29 is 15.3 Å². The molecule has 2 unspecified atom stereocenters. The lowest BCUT2D eigenvalue weighted by molar-refractivity contribution is -0.109. The molecule has 25 heavy (non-hydrogen) atoms. The molecule has 6 nitrogen and oxygen atoms in total. The van der Waals surface area contributed by atoms with Gasteiger partial charge in [-0.2, -0.15) is 0 Å². The van der Waals surface area contributed by atoms with Gasteiger partial charge < -0.3 is 25.1 Å². The lowest BCUT2D eigenvalue weighted by Crippen LogP contribution is -2.42. The van der Waals surface area contributed by atoms with E-state index < -0.39 is 12.5 Å². The van der Waals surface area contributed by atoms with Crippen molar-refractivity contribution in [3.8, 4) is 5.75 Å². The molecule has 0 aliphatic heterocycles. The van der Waals surface area contributed by atoms with Crippen molar-refractivity contribution in [2.45, 2.75) is 58.8 Å². The van der Waals surface area contributed by atoms with Crippen molar-refractivity contribution in [3.05, 3.63) is 28.8 Å². The maximum atomic E-state index is 10.6. The van der Waals surface area contributed by atoms with Crippen molar-refractivity contribution >= 4 is 0 Å². The Bertz CT molecular complexity index is 494. The van der Waals surface area contributed by atoms with Gasteiger partial charge in [0.05, 0.1) is 0 Å². The number of hydrogen-bond donors (Lipinski definition) is 3. The highest BCUT2D eigenvalue weighted by Gasteiger charge is 2.22. The van der Waals surface area contributed by atoms with Crippen LogP contribution in [0.15, 0.2) is 12.1 Å². The third-order valence-electron chi connectivity index (χ3n) is 4.16. The quantitative estimate of drug-likeness (QED) is 0.557. The predicted octanol–water partition coefficient (Wildman–Crippen LogP) is 1.77. The average Bonchev–Trinajstić information content (AvgIpc) is 2.54. The number of benzene rings is 1. The number of rotatable bonds is 10. The molecule has 0 bridgehead atoms. The van der Waals surface area contributed by atoms with E-state index in [2.05, 4.69) is 0 Å². The summed E-state index contributed by atoms with van der Waals surface area (Å²) in [6.07, 6.45) is -0.300. The highest BCUT2D eigenvalue weighted by atomic mass is 16.3. The molecule has 0 aliphatic rings. The topological polar surface area (TPSA) is 70.4 Å². The van der Waals surface area contributed by atoms with Crippen LogP contribution in [-0.4, -0.2) is 70.7 Å². The molecule has 0 saturated carbocycles. The maximum Gasteiger partial charge on any atom is 0.124 e. The molecule has 0 fully saturated rings. The van der Waals surface area contributed by atoms with Crippen LogP contribution in [-0.2, 0) is 19.6 Å². The van der Waals surface area contributed by atoms with Gasteiger partial charge in [-0.25, -0.2) is 4.90 Å². The molecule has 1 rings (SSSR count). The molecule has 6 heteroatoms. The van der Waals surface area contributed by atoms with Crippen molar-refractivity contribution in [1.82, 2.24) is 14.7 Å². The molecule has 0 aliphatic carbocycles. The summed E-state index contributed by atoms with van der Waals surface area (Å²) in [5, 5.41) is 31.1. The molecule has 1 aromatic rings. The molecular formula is C19H35N3O3. The first kappa shape index (κ1) is 21.9. The Morgan fingerprint density at radius 1 is 0.800 bits per heavy atom. The van der Waals surface area contributed by atoms with Crippen LogP contribution in [0.5, 0.6) is 5.75 Å². The van der Waals surface area contributed by atoms with Crippen molar-refractivity contribution in [1.29, 1.82) is 0 Å². The number of aliphatic hydroxyl groups is 2. The molecule has 3 N–H and O–H groups in total. The first-order valence-electron chi connectivity index (χ1n) is 8.94. The second-order valence-electron chi connectivity index (χ2n) is 7.19. The van der Waals surface area contributed by atoms with E-state index in [1.807, 2.05) is 64.0 Å². The van der Waals surface area contributed by atoms with E-state index in [1.165, 1.54) is 0 Å². The third kappa shape index (κ3) is 6.56. The van der Waals surface area contributed by atoms with Gasteiger partial charge in [0.15, 0.2) is 0 Å². The first-order chi connectivity index (χ1) is 11.7. The fourth-order valence-corrected chi connectivity index (χ4v) is 2.94. The summed E-state index contributed by atoms with van der Waals surface area (Å²) in [7, 11) is 7.86. The number of hydrogen-bond acceptors (Lipinski definition) is 6. The molecule has 0 radical (unpaired) electrons. The van der Waals surface area contributed by atoms with Gasteiger partial charge in [-0.1, -0.05) is 13.8 Å². The van der Waals surface area contributed by atoms with Gasteiger partial charge in [0.2, 0.25) is 0 Å². The number of aliphatic hydroxyl groups excluding tert-OH is 2. The minimum absolute atomic E-state index is 0.324. The van der Waals surface area contributed by atoms with Crippen LogP contribution in [0.4, 0.5) is 0 Å². The standard InChI is InChI=1S/C19H35N3O3/c1-7-17(23)22(18(24)8-2)11-14-9-15(12-20(3)4)19(25)16(10-14)13-21(5)6/h9-10,17-18,23-25H,7-8,11-13H2,1-6H3. The first-order valence-corrected chi connectivity index (χ1v) is 8.94. The average molecular weight is 354 g/mol. The summed E-state index contributed by atoms with van der Waals surface area (Å²) in [4.78, 5) is 5.72. The highest BCUT2D eigenvalue weighted by molar-refractivity contribution is 5.44. The van der Waals surface area contributed by atoms with Gasteiger partial charge >= 0.3 is 0 Å². The van der Waals surface area contributed by atoms with Crippen LogP contribution in [0.2, 0.25) is 0 Å². The minimum Gasteiger partial charge on any atom is -0.507 e. The van der Waals surface area contributed by atoms with Gasteiger partial charge in [0.1, 0.15) is 18.2 Å². The zero-order valence-corrected chi connectivity index (χ0v) is 16.5. The van der Waals surface area contributed by atoms with E-state index in [1.54, 1.807) is 4.90 Å². The molecule has 144 valence electrons. The Kier molecular flexibility index (Phi) is 8.82. The van der Waals surface area contributed by atoms with Crippen LogP contribution in [0, 0.1) is 0 Å². The fourth-order valence-electron chi connectivity index (χ4n) is 2.94. The van der Waals surface area contributed by atoms with Crippen LogP contribution in [0.1, 0.15) is 43.4 Å². The SMILES string of the molecule is CCC(O)N(Cc1cc(CN(C)C)c(O)c(CN(C)C)c1)C(O)CC.